The molecule has 0 saturated heterocycles. The minimum Gasteiger partial charge on any atom is -0.369 e. The molecule has 0 aliphatic carbocycles. The molecule has 0 aliphatic rings. The summed E-state index contributed by atoms with van der Waals surface area (Å²) in [6.07, 6.45) is 4.43. The smallest absolute Gasteiger partial charge is 0.144 e. The first kappa shape index (κ1) is 12.9. The number of nitrogens with zero attached hydrogens (tertiary/aromatic N) is 2. The van der Waals surface area contributed by atoms with E-state index in [4.69, 9.17) is 11.6 Å². The van der Waals surface area contributed by atoms with Gasteiger partial charge in [-0.15, -0.1) is 0 Å². The number of pyridine rings is 2. The first-order valence-corrected chi connectivity index (χ1v) is 6.89. The first-order valence-electron chi connectivity index (χ1n) is 6.51. The average Bonchev–Trinajstić information content (AvgIpc) is 2.49. The number of hydrogen-bond acceptors (Lipinski definition) is 3. The summed E-state index contributed by atoms with van der Waals surface area (Å²) in [6, 6.07) is 13.9. The van der Waals surface area contributed by atoms with Crippen LogP contribution in [0.5, 0.6) is 0 Å². The van der Waals surface area contributed by atoms with E-state index >= 15 is 0 Å². The summed E-state index contributed by atoms with van der Waals surface area (Å²) in [5.74, 6) is 0.724. The van der Waals surface area contributed by atoms with Gasteiger partial charge in [-0.1, -0.05) is 35.9 Å². The van der Waals surface area contributed by atoms with Crippen LogP contribution in [0.2, 0.25) is 5.02 Å². The Morgan fingerprint density at radius 1 is 0.950 bits per heavy atom. The molecular formula is C16H14ClN3. The van der Waals surface area contributed by atoms with Crippen LogP contribution in [0.3, 0.4) is 0 Å². The van der Waals surface area contributed by atoms with Crippen LogP contribution in [0.15, 0.2) is 54.9 Å². The number of benzene rings is 1. The minimum absolute atomic E-state index is 0.642. The second-order valence-electron chi connectivity index (χ2n) is 4.50. The Kier molecular flexibility index (Phi) is 3.79. The predicted molar refractivity (Wildman–Crippen MR) is 83.2 cm³/mol. The van der Waals surface area contributed by atoms with Gasteiger partial charge in [-0.05, 0) is 30.2 Å². The van der Waals surface area contributed by atoms with Crippen molar-refractivity contribution in [3.63, 3.8) is 0 Å². The summed E-state index contributed by atoms with van der Waals surface area (Å²) in [7, 11) is 0. The number of rotatable bonds is 4. The predicted octanol–water partition coefficient (Wildman–Crippen LogP) is 3.94. The van der Waals surface area contributed by atoms with E-state index in [0.29, 0.717) is 5.02 Å². The number of nitrogens with one attached hydrogen (secondary N) is 1. The Bertz CT molecular complexity index is 722. The fourth-order valence-electron chi connectivity index (χ4n) is 2.20. The Balaban J connectivity index is 1.73. The summed E-state index contributed by atoms with van der Waals surface area (Å²) in [5.41, 5.74) is 2.28. The van der Waals surface area contributed by atoms with Gasteiger partial charge in [-0.2, -0.15) is 0 Å². The van der Waals surface area contributed by atoms with Crippen molar-refractivity contribution < 1.29 is 0 Å². The van der Waals surface area contributed by atoms with Crippen LogP contribution in [0.4, 0.5) is 5.82 Å². The standard InChI is InChI=1S/C16H14ClN3/c17-14-7-3-10-19-16(14)20-11-8-13-5-1-4-12-6-2-9-18-15(12)13/h1-7,9-10H,8,11H2,(H,19,20). The molecule has 2 aromatic heterocycles. The topological polar surface area (TPSA) is 37.8 Å². The van der Waals surface area contributed by atoms with Crippen LogP contribution >= 0.6 is 11.6 Å². The SMILES string of the molecule is Clc1cccnc1NCCc1cccc2cccnc12. The van der Waals surface area contributed by atoms with Crippen molar-refractivity contribution in [2.45, 2.75) is 6.42 Å². The fourth-order valence-corrected chi connectivity index (χ4v) is 2.39. The maximum atomic E-state index is 6.06. The van der Waals surface area contributed by atoms with Gasteiger partial charge >= 0.3 is 0 Å². The van der Waals surface area contributed by atoms with E-state index < -0.39 is 0 Å². The van der Waals surface area contributed by atoms with Gasteiger partial charge < -0.3 is 5.32 Å². The summed E-state index contributed by atoms with van der Waals surface area (Å²) in [4.78, 5) is 8.67. The van der Waals surface area contributed by atoms with Gasteiger partial charge in [0.05, 0.1) is 10.5 Å². The third kappa shape index (κ3) is 2.73. The molecule has 1 N–H and O–H groups in total. The van der Waals surface area contributed by atoms with E-state index in [1.165, 1.54) is 10.9 Å². The van der Waals surface area contributed by atoms with Crippen LogP contribution in [-0.4, -0.2) is 16.5 Å². The molecule has 0 amide bonds. The minimum atomic E-state index is 0.642. The Hall–Kier alpha value is -2.13. The van der Waals surface area contributed by atoms with Gasteiger partial charge in [0.1, 0.15) is 5.82 Å². The first-order chi connectivity index (χ1) is 9.84. The van der Waals surface area contributed by atoms with Gasteiger partial charge in [0.25, 0.3) is 0 Å². The summed E-state index contributed by atoms with van der Waals surface area (Å²) < 4.78 is 0. The lowest BCUT2D eigenvalue weighted by Crippen LogP contribution is -2.07. The van der Waals surface area contributed by atoms with Gasteiger partial charge in [0.2, 0.25) is 0 Å². The quantitative estimate of drug-likeness (QED) is 0.788. The molecule has 0 fully saturated rings. The second-order valence-corrected chi connectivity index (χ2v) is 4.91. The number of para-hydroxylation sites is 1. The maximum Gasteiger partial charge on any atom is 0.144 e. The molecule has 0 bridgehead atoms. The third-order valence-corrected chi connectivity index (χ3v) is 3.47. The number of halogens is 1. The van der Waals surface area contributed by atoms with Crippen LogP contribution < -0.4 is 5.32 Å². The van der Waals surface area contributed by atoms with Gasteiger partial charge in [0, 0.05) is 24.3 Å². The van der Waals surface area contributed by atoms with E-state index in [9.17, 15) is 0 Å². The van der Waals surface area contributed by atoms with Crippen molar-refractivity contribution in [3.8, 4) is 0 Å². The number of hydrogen-bond donors (Lipinski definition) is 1. The van der Waals surface area contributed by atoms with Crippen molar-refractivity contribution in [3.05, 3.63) is 65.4 Å². The molecule has 100 valence electrons. The molecule has 0 radical (unpaired) electrons. The molecule has 1 aromatic carbocycles. The van der Waals surface area contributed by atoms with Crippen molar-refractivity contribution in [1.82, 2.24) is 9.97 Å². The molecule has 20 heavy (non-hydrogen) atoms. The lowest BCUT2D eigenvalue weighted by atomic mass is 10.1. The van der Waals surface area contributed by atoms with Gasteiger partial charge in [0.15, 0.2) is 0 Å². The highest BCUT2D eigenvalue weighted by molar-refractivity contribution is 6.32. The average molecular weight is 284 g/mol. The highest BCUT2D eigenvalue weighted by Crippen LogP contribution is 2.19. The zero-order chi connectivity index (χ0) is 13.8. The molecule has 4 heteroatoms. The van der Waals surface area contributed by atoms with Crippen molar-refractivity contribution >= 4 is 28.3 Å². The van der Waals surface area contributed by atoms with E-state index in [-0.39, 0.29) is 0 Å². The molecular weight excluding hydrogens is 270 g/mol. The number of fused-ring (bicyclic) bond motifs is 1. The monoisotopic (exact) mass is 283 g/mol. The van der Waals surface area contributed by atoms with Crippen LogP contribution in [0.25, 0.3) is 10.9 Å². The molecule has 3 rings (SSSR count). The zero-order valence-corrected chi connectivity index (χ0v) is 11.6. The van der Waals surface area contributed by atoms with Crippen molar-refractivity contribution in [2.24, 2.45) is 0 Å². The molecule has 0 unspecified atom stereocenters. The summed E-state index contributed by atoms with van der Waals surface area (Å²) >= 11 is 6.06. The third-order valence-electron chi connectivity index (χ3n) is 3.16. The van der Waals surface area contributed by atoms with E-state index in [2.05, 4.69) is 39.6 Å². The lowest BCUT2D eigenvalue weighted by Gasteiger charge is -2.08. The highest BCUT2D eigenvalue weighted by atomic mass is 35.5. The normalized spacial score (nSPS) is 10.7. The molecule has 0 aliphatic heterocycles. The highest BCUT2D eigenvalue weighted by Gasteiger charge is 2.03. The molecule has 0 atom stereocenters. The van der Waals surface area contributed by atoms with Crippen molar-refractivity contribution in [1.29, 1.82) is 0 Å². The fraction of sp³-hybridized carbons (Fsp3) is 0.125. The Morgan fingerprint density at radius 3 is 2.65 bits per heavy atom. The summed E-state index contributed by atoms with van der Waals surface area (Å²) in [6.45, 7) is 0.770. The molecule has 0 spiro atoms. The number of anilines is 1. The van der Waals surface area contributed by atoms with Crippen LogP contribution in [-0.2, 0) is 6.42 Å². The van der Waals surface area contributed by atoms with Gasteiger partial charge in [-0.3, -0.25) is 4.98 Å². The largest absolute Gasteiger partial charge is 0.369 e. The molecule has 0 saturated carbocycles. The number of aromatic nitrogens is 2. The second kappa shape index (κ2) is 5.88. The van der Waals surface area contributed by atoms with Crippen LogP contribution in [0, 0.1) is 0 Å². The van der Waals surface area contributed by atoms with E-state index in [0.717, 1.165) is 24.3 Å². The molecule has 3 aromatic rings. The van der Waals surface area contributed by atoms with Crippen molar-refractivity contribution in [2.75, 3.05) is 11.9 Å². The van der Waals surface area contributed by atoms with E-state index in [1.54, 1.807) is 6.20 Å². The Morgan fingerprint density at radius 2 is 1.75 bits per heavy atom. The zero-order valence-electron chi connectivity index (χ0n) is 10.9. The maximum absolute atomic E-state index is 6.06. The molecule has 2 heterocycles. The summed E-state index contributed by atoms with van der Waals surface area (Å²) in [5, 5.41) is 5.06. The molecule has 3 nitrogen and oxygen atoms in total. The van der Waals surface area contributed by atoms with Gasteiger partial charge in [-0.25, -0.2) is 4.98 Å². The lowest BCUT2D eigenvalue weighted by molar-refractivity contribution is 1.01. The van der Waals surface area contributed by atoms with Crippen LogP contribution in [0.1, 0.15) is 5.56 Å². The van der Waals surface area contributed by atoms with E-state index in [1.807, 2.05) is 24.4 Å². The Labute approximate surface area is 122 Å².